The third kappa shape index (κ3) is 2.96. The van der Waals surface area contributed by atoms with Crippen molar-refractivity contribution in [2.45, 2.75) is 25.2 Å². The highest BCUT2D eigenvalue weighted by Gasteiger charge is 2.33. The summed E-state index contributed by atoms with van der Waals surface area (Å²) in [4.78, 5) is 20.3. The molecule has 120 valence electrons. The fourth-order valence-electron chi connectivity index (χ4n) is 2.38. The van der Waals surface area contributed by atoms with E-state index in [0.29, 0.717) is 23.4 Å². The lowest BCUT2D eigenvalue weighted by molar-refractivity contribution is -0.738. The Kier molecular flexibility index (Phi) is 4.11. The molecule has 0 bridgehead atoms. The van der Waals surface area contributed by atoms with Crippen LogP contribution in [-0.4, -0.2) is 39.7 Å². The van der Waals surface area contributed by atoms with Crippen LogP contribution in [0.4, 0.5) is 5.82 Å². The van der Waals surface area contributed by atoms with Gasteiger partial charge in [-0.1, -0.05) is 4.98 Å². The number of aromatic amines is 1. The predicted molar refractivity (Wildman–Crippen MR) is 74.4 cm³/mol. The molecular formula is C11H17N5O5P+. The van der Waals surface area contributed by atoms with E-state index in [1.807, 2.05) is 4.57 Å². The van der Waals surface area contributed by atoms with Crippen LogP contribution in [0.5, 0.6) is 0 Å². The van der Waals surface area contributed by atoms with E-state index in [0.717, 1.165) is 13.5 Å². The van der Waals surface area contributed by atoms with E-state index in [2.05, 4.69) is 19.5 Å². The normalized spacial score (nSPS) is 24.6. The van der Waals surface area contributed by atoms with Crippen LogP contribution in [0.15, 0.2) is 12.7 Å². The largest absolute Gasteiger partial charge is 0.472 e. The van der Waals surface area contributed by atoms with Gasteiger partial charge in [-0.2, -0.15) is 4.98 Å². The zero-order valence-corrected chi connectivity index (χ0v) is 12.8. The van der Waals surface area contributed by atoms with Gasteiger partial charge in [-0.3, -0.25) is 14.0 Å². The number of rotatable bonds is 5. The van der Waals surface area contributed by atoms with Gasteiger partial charge in [0.1, 0.15) is 0 Å². The molecule has 0 aromatic carbocycles. The van der Waals surface area contributed by atoms with Gasteiger partial charge in [0.25, 0.3) is 0 Å². The van der Waals surface area contributed by atoms with E-state index >= 15 is 0 Å². The quantitative estimate of drug-likeness (QED) is 0.525. The Hall–Kier alpha value is -1.58. The SMILES string of the molecule is COP(=O)(O)OCC1CCC([n+]2c[nH]c3c(N)ncnc32)O1. The van der Waals surface area contributed by atoms with Crippen molar-refractivity contribution in [1.29, 1.82) is 0 Å². The molecule has 0 radical (unpaired) electrons. The number of imidazole rings is 1. The van der Waals surface area contributed by atoms with E-state index in [1.54, 1.807) is 6.33 Å². The minimum atomic E-state index is -3.98. The van der Waals surface area contributed by atoms with Crippen molar-refractivity contribution < 1.29 is 27.8 Å². The average molecular weight is 330 g/mol. The van der Waals surface area contributed by atoms with Crippen molar-refractivity contribution in [2.75, 3.05) is 19.5 Å². The first-order valence-corrected chi connectivity index (χ1v) is 8.17. The van der Waals surface area contributed by atoms with Crippen molar-refractivity contribution in [3.63, 3.8) is 0 Å². The van der Waals surface area contributed by atoms with Crippen molar-refractivity contribution in [2.24, 2.45) is 0 Å². The smallest absolute Gasteiger partial charge is 0.380 e. The van der Waals surface area contributed by atoms with Gasteiger partial charge in [-0.15, -0.1) is 0 Å². The molecule has 10 nitrogen and oxygen atoms in total. The fourth-order valence-corrected chi connectivity index (χ4v) is 2.84. The second kappa shape index (κ2) is 5.90. The summed E-state index contributed by atoms with van der Waals surface area (Å²) in [6, 6.07) is 0. The lowest BCUT2D eigenvalue weighted by Crippen LogP contribution is -2.39. The van der Waals surface area contributed by atoms with Crippen molar-refractivity contribution in [3.05, 3.63) is 12.7 Å². The number of hydrogen-bond acceptors (Lipinski definition) is 7. The standard InChI is InChI=1S/C11H16N5O5P/c1-19-22(17,18)20-4-7-2-3-8(21-7)16-6-15-9-10(12)13-5-14-11(9)16/h5-8H,2-4H2,1H3,(H3,12,13,14,17,18)/p+1. The molecule has 0 spiro atoms. The molecule has 3 atom stereocenters. The maximum Gasteiger partial charge on any atom is 0.472 e. The molecule has 1 aliphatic rings. The van der Waals surface area contributed by atoms with Crippen molar-refractivity contribution in [1.82, 2.24) is 15.0 Å². The number of nitrogens with two attached hydrogens (primary N) is 1. The zero-order valence-electron chi connectivity index (χ0n) is 11.9. The predicted octanol–water partition coefficient (Wildman–Crippen LogP) is 0.269. The van der Waals surface area contributed by atoms with E-state index in [4.69, 9.17) is 15.0 Å². The number of hydrogen-bond donors (Lipinski definition) is 3. The number of nitrogen functional groups attached to an aromatic ring is 1. The minimum Gasteiger partial charge on any atom is -0.380 e. The Morgan fingerprint density at radius 2 is 2.41 bits per heavy atom. The van der Waals surface area contributed by atoms with Gasteiger partial charge >= 0.3 is 13.5 Å². The molecule has 3 rings (SSSR count). The molecular weight excluding hydrogens is 313 g/mol. The van der Waals surface area contributed by atoms with E-state index in [-0.39, 0.29) is 18.9 Å². The number of nitrogens with zero attached hydrogens (tertiary/aromatic N) is 3. The summed E-state index contributed by atoms with van der Waals surface area (Å²) >= 11 is 0. The van der Waals surface area contributed by atoms with Crippen molar-refractivity contribution in [3.8, 4) is 0 Å². The van der Waals surface area contributed by atoms with Crippen LogP contribution in [0.2, 0.25) is 0 Å². The summed E-state index contributed by atoms with van der Waals surface area (Å²) in [5.41, 5.74) is 7.06. The highest BCUT2D eigenvalue weighted by Crippen LogP contribution is 2.42. The maximum atomic E-state index is 11.3. The molecule has 2 aromatic heterocycles. The fraction of sp³-hybridized carbons (Fsp3) is 0.545. The number of fused-ring (bicyclic) bond motifs is 1. The first kappa shape index (κ1) is 15.3. The summed E-state index contributed by atoms with van der Waals surface area (Å²) in [7, 11) is -2.87. The van der Waals surface area contributed by atoms with Crippen LogP contribution < -0.4 is 10.3 Å². The van der Waals surface area contributed by atoms with Crippen LogP contribution in [0, 0.1) is 0 Å². The molecule has 1 aliphatic heterocycles. The highest BCUT2D eigenvalue weighted by molar-refractivity contribution is 7.47. The molecule has 0 saturated carbocycles. The first-order chi connectivity index (χ1) is 10.5. The minimum absolute atomic E-state index is 0.0157. The molecule has 22 heavy (non-hydrogen) atoms. The van der Waals surface area contributed by atoms with Gasteiger partial charge in [0, 0.05) is 13.5 Å². The Morgan fingerprint density at radius 3 is 3.18 bits per heavy atom. The molecule has 3 unspecified atom stereocenters. The molecule has 3 heterocycles. The first-order valence-electron chi connectivity index (χ1n) is 6.67. The number of phosphoric ester groups is 1. The summed E-state index contributed by atoms with van der Waals surface area (Å²) in [6.45, 7) is -0.0157. The molecule has 2 aromatic rings. The lowest BCUT2D eigenvalue weighted by atomic mass is 10.2. The second-order valence-corrected chi connectivity index (χ2v) is 6.44. The maximum absolute atomic E-state index is 11.3. The van der Waals surface area contributed by atoms with Crippen LogP contribution in [-0.2, 0) is 18.3 Å². The molecule has 1 fully saturated rings. The highest BCUT2D eigenvalue weighted by atomic mass is 31.2. The third-order valence-electron chi connectivity index (χ3n) is 3.50. The molecule has 1 saturated heterocycles. The Bertz CT molecular complexity index is 722. The Balaban J connectivity index is 1.69. The zero-order chi connectivity index (χ0) is 15.7. The number of phosphoric acid groups is 1. The van der Waals surface area contributed by atoms with E-state index < -0.39 is 7.82 Å². The van der Waals surface area contributed by atoms with Gasteiger partial charge in [-0.25, -0.2) is 9.13 Å². The van der Waals surface area contributed by atoms with Gasteiger partial charge in [-0.05, 0) is 6.42 Å². The van der Waals surface area contributed by atoms with Gasteiger partial charge in [0.2, 0.25) is 5.52 Å². The van der Waals surface area contributed by atoms with Crippen LogP contribution >= 0.6 is 7.82 Å². The van der Waals surface area contributed by atoms with Crippen LogP contribution in [0.3, 0.4) is 0 Å². The Labute approximate surface area is 125 Å². The second-order valence-electron chi connectivity index (χ2n) is 4.88. The number of anilines is 1. The molecule has 0 aliphatic carbocycles. The summed E-state index contributed by atoms with van der Waals surface area (Å²) in [6.07, 6.45) is 3.97. The number of aromatic nitrogens is 4. The molecule has 4 N–H and O–H groups in total. The number of nitrogens with one attached hydrogen (secondary N) is 1. The summed E-state index contributed by atoms with van der Waals surface area (Å²) in [5, 5.41) is 0. The van der Waals surface area contributed by atoms with E-state index in [9.17, 15) is 9.46 Å². The summed E-state index contributed by atoms with van der Waals surface area (Å²) in [5.74, 6) is 0.364. The van der Waals surface area contributed by atoms with Gasteiger partial charge in [0.05, 0.1) is 12.7 Å². The summed E-state index contributed by atoms with van der Waals surface area (Å²) < 4.78 is 28.1. The monoisotopic (exact) mass is 330 g/mol. The number of ether oxygens (including phenoxy) is 1. The van der Waals surface area contributed by atoms with Crippen LogP contribution in [0.1, 0.15) is 19.1 Å². The lowest BCUT2D eigenvalue weighted by Gasteiger charge is -2.14. The van der Waals surface area contributed by atoms with Crippen LogP contribution in [0.25, 0.3) is 11.2 Å². The number of H-pyrrole nitrogens is 1. The molecule has 0 amide bonds. The third-order valence-corrected chi connectivity index (χ3v) is 4.44. The van der Waals surface area contributed by atoms with Gasteiger partial charge < -0.3 is 15.4 Å². The van der Waals surface area contributed by atoms with Crippen molar-refractivity contribution >= 4 is 24.8 Å². The molecule has 11 heteroatoms. The van der Waals surface area contributed by atoms with Gasteiger partial charge in [0.15, 0.2) is 24.7 Å². The average Bonchev–Trinajstić information content (AvgIpc) is 3.12. The Morgan fingerprint density at radius 1 is 1.59 bits per heavy atom. The topological polar surface area (TPSA) is 136 Å². The van der Waals surface area contributed by atoms with E-state index in [1.165, 1.54) is 6.33 Å².